The lowest BCUT2D eigenvalue weighted by atomic mass is 9.91. The molecule has 0 atom stereocenters. The molecular formula is C13H20N2S. The van der Waals surface area contributed by atoms with Crippen molar-refractivity contribution in [3.05, 3.63) is 16.1 Å². The summed E-state index contributed by atoms with van der Waals surface area (Å²) in [5, 5.41) is 0. The van der Waals surface area contributed by atoms with Gasteiger partial charge in [-0.1, -0.05) is 33.3 Å². The van der Waals surface area contributed by atoms with Gasteiger partial charge in [-0.05, 0) is 37.7 Å². The van der Waals surface area contributed by atoms with Gasteiger partial charge in [-0.15, -0.1) is 0 Å². The maximum absolute atomic E-state index is 4.51. The second-order valence-electron chi connectivity index (χ2n) is 5.00. The quantitative estimate of drug-likeness (QED) is 0.705. The summed E-state index contributed by atoms with van der Waals surface area (Å²) < 4.78 is 4.51. The van der Waals surface area contributed by atoms with Gasteiger partial charge in [-0.3, -0.25) is 4.99 Å². The Labute approximate surface area is 102 Å². The molecule has 0 unspecified atom stereocenters. The van der Waals surface area contributed by atoms with E-state index >= 15 is 0 Å². The van der Waals surface area contributed by atoms with Gasteiger partial charge < -0.3 is 0 Å². The Morgan fingerprint density at radius 3 is 2.56 bits per heavy atom. The largest absolute Gasteiger partial charge is 0.261 e. The zero-order valence-corrected chi connectivity index (χ0v) is 11.6. The second-order valence-corrected chi connectivity index (χ2v) is 5.80. The van der Waals surface area contributed by atoms with E-state index in [1.807, 2.05) is 0 Å². The van der Waals surface area contributed by atoms with Crippen LogP contribution in [0.4, 0.5) is 5.69 Å². The second kappa shape index (κ2) is 4.91. The number of hydrogen-bond acceptors (Lipinski definition) is 3. The third kappa shape index (κ3) is 2.79. The zero-order chi connectivity index (χ0) is 12.3. The summed E-state index contributed by atoms with van der Waals surface area (Å²) in [6.07, 6.45) is 3.22. The van der Waals surface area contributed by atoms with Gasteiger partial charge >= 0.3 is 0 Å². The number of aliphatic imine (C=N–C) groups is 1. The predicted octanol–water partition coefficient (Wildman–Crippen LogP) is 4.59. The summed E-state index contributed by atoms with van der Waals surface area (Å²) >= 11 is 1.51. The molecule has 0 aromatic carbocycles. The van der Waals surface area contributed by atoms with Crippen molar-refractivity contribution < 1.29 is 0 Å². The van der Waals surface area contributed by atoms with Crippen LogP contribution < -0.4 is 0 Å². The molecule has 0 aliphatic heterocycles. The average molecular weight is 236 g/mol. The molecule has 1 aromatic heterocycles. The minimum absolute atomic E-state index is 0.0270. The van der Waals surface area contributed by atoms with Gasteiger partial charge in [0.25, 0.3) is 0 Å². The maximum Gasteiger partial charge on any atom is 0.104 e. The Hall–Kier alpha value is -0.960. The van der Waals surface area contributed by atoms with Crippen LogP contribution in [0.15, 0.2) is 10.6 Å². The van der Waals surface area contributed by atoms with Gasteiger partial charge in [0.05, 0.1) is 10.6 Å². The van der Waals surface area contributed by atoms with Gasteiger partial charge in [0, 0.05) is 5.41 Å². The molecule has 0 N–H and O–H groups in total. The lowest BCUT2D eigenvalue weighted by Gasteiger charge is -2.15. The molecule has 1 rings (SSSR count). The van der Waals surface area contributed by atoms with Crippen molar-refractivity contribution in [2.24, 2.45) is 4.99 Å². The fourth-order valence-electron chi connectivity index (χ4n) is 1.36. The Morgan fingerprint density at radius 2 is 2.12 bits per heavy atom. The molecule has 0 aliphatic rings. The first-order valence-electron chi connectivity index (χ1n) is 5.54. The van der Waals surface area contributed by atoms with Crippen LogP contribution in [-0.2, 0) is 5.41 Å². The summed E-state index contributed by atoms with van der Waals surface area (Å²) in [7, 11) is 0. The third-order valence-corrected chi connectivity index (χ3v) is 3.28. The minimum Gasteiger partial charge on any atom is -0.261 e. The van der Waals surface area contributed by atoms with E-state index in [2.05, 4.69) is 56.8 Å². The molecule has 0 bridgehead atoms. The van der Waals surface area contributed by atoms with E-state index in [1.54, 1.807) is 0 Å². The standard InChI is InChI=1S/C13H20N2S/c1-7-9(2)8-10-11(14-6)12(15-16-10)13(3,4)5/h8H,6-7H2,1-5H3/b9-8+. The minimum atomic E-state index is 0.0270. The molecule has 0 amide bonds. The lowest BCUT2D eigenvalue weighted by molar-refractivity contribution is 0.577. The van der Waals surface area contributed by atoms with E-state index in [1.165, 1.54) is 17.1 Å². The fraction of sp³-hybridized carbons (Fsp3) is 0.538. The highest BCUT2D eigenvalue weighted by molar-refractivity contribution is 7.07. The highest BCUT2D eigenvalue weighted by atomic mass is 32.1. The molecule has 1 aromatic rings. The van der Waals surface area contributed by atoms with E-state index < -0.39 is 0 Å². The first-order chi connectivity index (χ1) is 7.40. The van der Waals surface area contributed by atoms with Crippen LogP contribution in [-0.4, -0.2) is 11.1 Å². The molecule has 2 nitrogen and oxygen atoms in total. The Balaban J connectivity index is 3.25. The van der Waals surface area contributed by atoms with Crippen molar-refractivity contribution in [1.82, 2.24) is 4.37 Å². The summed E-state index contributed by atoms with van der Waals surface area (Å²) in [5.74, 6) is 0. The normalized spacial score (nSPS) is 12.9. The molecular weight excluding hydrogens is 216 g/mol. The van der Waals surface area contributed by atoms with Crippen molar-refractivity contribution in [1.29, 1.82) is 0 Å². The van der Waals surface area contributed by atoms with E-state index in [-0.39, 0.29) is 5.41 Å². The number of aromatic nitrogens is 1. The number of hydrogen-bond donors (Lipinski definition) is 0. The van der Waals surface area contributed by atoms with Crippen LogP contribution >= 0.6 is 11.5 Å². The van der Waals surface area contributed by atoms with E-state index in [4.69, 9.17) is 0 Å². The SMILES string of the molecule is C=Nc1c(C(C)(C)C)nsc1/C=C(\C)CC. The van der Waals surface area contributed by atoms with E-state index in [0.29, 0.717) is 0 Å². The molecule has 0 aliphatic carbocycles. The first-order valence-corrected chi connectivity index (χ1v) is 6.31. The zero-order valence-electron chi connectivity index (χ0n) is 10.8. The molecule has 0 saturated heterocycles. The Bertz CT molecular complexity index is 408. The van der Waals surface area contributed by atoms with E-state index in [9.17, 15) is 0 Å². The smallest absolute Gasteiger partial charge is 0.104 e. The van der Waals surface area contributed by atoms with Gasteiger partial charge in [0.2, 0.25) is 0 Å². The van der Waals surface area contributed by atoms with Gasteiger partial charge in [-0.25, -0.2) is 0 Å². The van der Waals surface area contributed by atoms with Gasteiger partial charge in [-0.2, -0.15) is 4.37 Å². The fourth-order valence-corrected chi connectivity index (χ4v) is 2.42. The Morgan fingerprint density at radius 1 is 1.50 bits per heavy atom. The van der Waals surface area contributed by atoms with Crippen molar-refractivity contribution in [3.63, 3.8) is 0 Å². The molecule has 16 heavy (non-hydrogen) atoms. The van der Waals surface area contributed by atoms with Crippen LogP contribution in [0, 0.1) is 0 Å². The maximum atomic E-state index is 4.51. The third-order valence-electron chi connectivity index (χ3n) is 2.50. The molecule has 1 heterocycles. The van der Waals surface area contributed by atoms with Gasteiger partial charge in [0.1, 0.15) is 5.69 Å². The lowest BCUT2D eigenvalue weighted by Crippen LogP contribution is -2.11. The highest BCUT2D eigenvalue weighted by Gasteiger charge is 2.23. The van der Waals surface area contributed by atoms with Crippen molar-refractivity contribution in [3.8, 4) is 0 Å². The summed E-state index contributed by atoms with van der Waals surface area (Å²) in [6, 6.07) is 0. The summed E-state index contributed by atoms with van der Waals surface area (Å²) in [4.78, 5) is 5.26. The van der Waals surface area contributed by atoms with Crippen molar-refractivity contribution in [2.45, 2.75) is 46.5 Å². The number of allylic oxidation sites excluding steroid dienone is 1. The molecule has 88 valence electrons. The molecule has 0 spiro atoms. The van der Waals surface area contributed by atoms with Crippen LogP contribution in [0.5, 0.6) is 0 Å². The first kappa shape index (κ1) is 13.1. The number of rotatable bonds is 3. The topological polar surface area (TPSA) is 25.2 Å². The van der Waals surface area contributed by atoms with Crippen LogP contribution in [0.1, 0.15) is 51.6 Å². The van der Waals surface area contributed by atoms with Crippen LogP contribution in [0.2, 0.25) is 0 Å². The molecule has 0 radical (unpaired) electrons. The molecule has 3 heteroatoms. The van der Waals surface area contributed by atoms with Crippen LogP contribution in [0.25, 0.3) is 6.08 Å². The van der Waals surface area contributed by atoms with Gasteiger partial charge in [0.15, 0.2) is 0 Å². The number of nitrogens with zero attached hydrogens (tertiary/aromatic N) is 2. The average Bonchev–Trinajstić information content (AvgIpc) is 2.60. The molecule has 0 saturated carbocycles. The highest BCUT2D eigenvalue weighted by Crippen LogP contribution is 2.37. The Kier molecular flexibility index (Phi) is 4.03. The van der Waals surface area contributed by atoms with Crippen molar-refractivity contribution >= 4 is 30.0 Å². The molecule has 0 fully saturated rings. The predicted molar refractivity (Wildman–Crippen MR) is 74.0 cm³/mol. The summed E-state index contributed by atoms with van der Waals surface area (Å²) in [6.45, 7) is 14.4. The van der Waals surface area contributed by atoms with Crippen LogP contribution in [0.3, 0.4) is 0 Å². The van der Waals surface area contributed by atoms with E-state index in [0.717, 1.165) is 22.7 Å². The summed E-state index contributed by atoms with van der Waals surface area (Å²) in [5.41, 5.74) is 3.36. The van der Waals surface area contributed by atoms with Crippen molar-refractivity contribution in [2.75, 3.05) is 0 Å². The monoisotopic (exact) mass is 236 g/mol.